The van der Waals surface area contributed by atoms with Crippen LogP contribution < -0.4 is 5.32 Å². The van der Waals surface area contributed by atoms with Gasteiger partial charge in [0.15, 0.2) is 0 Å². The summed E-state index contributed by atoms with van der Waals surface area (Å²) >= 11 is 2.09. The molecule has 3 aliphatic rings. The molecule has 0 bridgehead atoms. The third-order valence-corrected chi connectivity index (χ3v) is 6.85. The van der Waals surface area contributed by atoms with Gasteiger partial charge >= 0.3 is 0 Å². The number of hydrogen-bond acceptors (Lipinski definition) is 2. The van der Waals surface area contributed by atoms with E-state index < -0.39 is 0 Å². The Balaban J connectivity index is 1.51. The van der Waals surface area contributed by atoms with Crippen molar-refractivity contribution in [2.45, 2.75) is 68.6 Å². The maximum atomic E-state index is 3.91. The molecular formula is C14H25NS. The molecule has 92 valence electrons. The molecule has 0 amide bonds. The van der Waals surface area contributed by atoms with Crippen LogP contribution in [0.2, 0.25) is 0 Å². The molecule has 3 saturated carbocycles. The van der Waals surface area contributed by atoms with Crippen molar-refractivity contribution in [1.82, 2.24) is 5.32 Å². The zero-order valence-corrected chi connectivity index (χ0v) is 11.4. The van der Waals surface area contributed by atoms with Gasteiger partial charge in [0.05, 0.1) is 0 Å². The summed E-state index contributed by atoms with van der Waals surface area (Å²) in [6, 6.07) is 0.873. The highest BCUT2D eigenvalue weighted by atomic mass is 32.2. The van der Waals surface area contributed by atoms with Gasteiger partial charge in [0.2, 0.25) is 0 Å². The monoisotopic (exact) mass is 239 g/mol. The van der Waals surface area contributed by atoms with Crippen LogP contribution >= 0.6 is 11.8 Å². The van der Waals surface area contributed by atoms with Crippen molar-refractivity contribution in [3.63, 3.8) is 0 Å². The molecule has 0 saturated heterocycles. The van der Waals surface area contributed by atoms with Crippen molar-refractivity contribution in [2.75, 3.05) is 12.8 Å². The van der Waals surface area contributed by atoms with Gasteiger partial charge < -0.3 is 5.32 Å². The zero-order chi connectivity index (χ0) is 11.1. The maximum Gasteiger partial charge on any atom is 0.0282 e. The third kappa shape index (κ3) is 1.92. The lowest BCUT2D eigenvalue weighted by Gasteiger charge is -2.53. The Morgan fingerprint density at radius 2 is 1.81 bits per heavy atom. The summed E-state index contributed by atoms with van der Waals surface area (Å²) in [6.45, 7) is 1.28. The van der Waals surface area contributed by atoms with Gasteiger partial charge in [-0.25, -0.2) is 0 Å². The lowest BCUT2D eigenvalue weighted by Crippen LogP contribution is -2.55. The van der Waals surface area contributed by atoms with E-state index in [2.05, 4.69) is 23.3 Å². The molecule has 3 rings (SSSR count). The van der Waals surface area contributed by atoms with Crippen molar-refractivity contribution in [1.29, 1.82) is 0 Å². The summed E-state index contributed by atoms with van der Waals surface area (Å²) in [7, 11) is 0. The van der Waals surface area contributed by atoms with E-state index in [0.717, 1.165) is 11.5 Å². The van der Waals surface area contributed by atoms with Crippen LogP contribution in [0.25, 0.3) is 0 Å². The van der Waals surface area contributed by atoms with E-state index in [1.54, 1.807) is 0 Å². The van der Waals surface area contributed by atoms with E-state index in [9.17, 15) is 0 Å². The lowest BCUT2D eigenvalue weighted by atomic mass is 9.57. The smallest absolute Gasteiger partial charge is 0.0282 e. The minimum absolute atomic E-state index is 0.644. The topological polar surface area (TPSA) is 12.0 Å². The summed E-state index contributed by atoms with van der Waals surface area (Å²) in [6.07, 6.45) is 15.6. The van der Waals surface area contributed by atoms with E-state index >= 15 is 0 Å². The summed E-state index contributed by atoms with van der Waals surface area (Å²) in [5.74, 6) is 0. The van der Waals surface area contributed by atoms with E-state index in [-0.39, 0.29) is 0 Å². The molecular weight excluding hydrogens is 214 g/mol. The first-order chi connectivity index (χ1) is 7.79. The molecule has 0 aliphatic heterocycles. The van der Waals surface area contributed by atoms with Crippen LogP contribution in [0, 0.1) is 5.41 Å². The predicted octanol–water partition coefficient (Wildman–Crippen LogP) is 3.58. The van der Waals surface area contributed by atoms with Crippen LogP contribution in [0.3, 0.4) is 0 Å². The number of nitrogens with one attached hydrogen (secondary N) is 1. The molecule has 3 fully saturated rings. The number of thioether (sulfide) groups is 1. The van der Waals surface area contributed by atoms with Gasteiger partial charge in [0.25, 0.3) is 0 Å². The second kappa shape index (κ2) is 4.20. The maximum absolute atomic E-state index is 3.91. The van der Waals surface area contributed by atoms with Crippen molar-refractivity contribution in [3.8, 4) is 0 Å². The Kier molecular flexibility index (Phi) is 3.00. The molecule has 0 heterocycles. The first-order valence-electron chi connectivity index (χ1n) is 7.07. The molecule has 1 atom stereocenters. The Labute approximate surface area is 104 Å². The van der Waals surface area contributed by atoms with Gasteiger partial charge in [-0.2, -0.15) is 11.8 Å². The minimum Gasteiger partial charge on any atom is -0.312 e. The Morgan fingerprint density at radius 1 is 1.06 bits per heavy atom. The molecule has 0 aromatic rings. The second-order valence-corrected chi connectivity index (χ2v) is 7.56. The normalized spacial score (nSPS) is 34.7. The molecule has 1 N–H and O–H groups in total. The molecule has 0 aromatic heterocycles. The van der Waals surface area contributed by atoms with E-state index in [1.165, 1.54) is 64.3 Å². The van der Waals surface area contributed by atoms with Crippen LogP contribution in [0.5, 0.6) is 0 Å². The summed E-state index contributed by atoms with van der Waals surface area (Å²) < 4.78 is 0.644. The fraction of sp³-hybridized carbons (Fsp3) is 1.00. The zero-order valence-electron chi connectivity index (χ0n) is 10.6. The van der Waals surface area contributed by atoms with Crippen molar-refractivity contribution >= 4 is 11.8 Å². The first-order valence-corrected chi connectivity index (χ1v) is 8.30. The van der Waals surface area contributed by atoms with Crippen molar-refractivity contribution < 1.29 is 0 Å². The third-order valence-electron chi connectivity index (χ3n) is 5.43. The minimum atomic E-state index is 0.644. The van der Waals surface area contributed by atoms with Gasteiger partial charge in [-0.3, -0.25) is 0 Å². The molecule has 16 heavy (non-hydrogen) atoms. The lowest BCUT2D eigenvalue weighted by molar-refractivity contribution is 0.0232. The van der Waals surface area contributed by atoms with Crippen LogP contribution in [0.15, 0.2) is 0 Å². The van der Waals surface area contributed by atoms with Gasteiger partial charge in [-0.1, -0.05) is 19.3 Å². The highest BCUT2D eigenvalue weighted by Gasteiger charge is 2.49. The highest BCUT2D eigenvalue weighted by molar-refractivity contribution is 8.00. The summed E-state index contributed by atoms with van der Waals surface area (Å²) in [4.78, 5) is 0. The molecule has 0 aromatic carbocycles. The van der Waals surface area contributed by atoms with Crippen LogP contribution in [-0.4, -0.2) is 23.6 Å². The van der Waals surface area contributed by atoms with Crippen LogP contribution in [0.4, 0.5) is 0 Å². The second-order valence-electron chi connectivity index (χ2n) is 6.28. The largest absolute Gasteiger partial charge is 0.312 e. The molecule has 1 unspecified atom stereocenters. The Hall–Kier alpha value is 0.310. The van der Waals surface area contributed by atoms with Crippen LogP contribution in [-0.2, 0) is 0 Å². The van der Waals surface area contributed by atoms with Crippen LogP contribution in [0.1, 0.15) is 57.8 Å². The van der Waals surface area contributed by atoms with Crippen molar-refractivity contribution in [3.05, 3.63) is 0 Å². The van der Waals surface area contributed by atoms with Gasteiger partial charge in [0, 0.05) is 17.3 Å². The molecule has 1 nitrogen and oxygen atoms in total. The van der Waals surface area contributed by atoms with Gasteiger partial charge in [-0.05, 0) is 50.2 Å². The molecule has 3 aliphatic carbocycles. The number of hydrogen-bond donors (Lipinski definition) is 1. The van der Waals surface area contributed by atoms with E-state index in [0.29, 0.717) is 4.75 Å². The Bertz CT molecular complexity index is 253. The van der Waals surface area contributed by atoms with E-state index in [1.807, 2.05) is 0 Å². The quantitative estimate of drug-likeness (QED) is 0.804. The summed E-state index contributed by atoms with van der Waals surface area (Å²) in [5, 5.41) is 3.91. The van der Waals surface area contributed by atoms with Crippen molar-refractivity contribution in [2.24, 2.45) is 5.41 Å². The van der Waals surface area contributed by atoms with Gasteiger partial charge in [0.1, 0.15) is 0 Å². The number of rotatable bonds is 4. The summed E-state index contributed by atoms with van der Waals surface area (Å²) in [5.41, 5.74) is 0.743. The fourth-order valence-corrected chi connectivity index (χ4v) is 4.51. The standard InChI is InChI=1S/C14H25NS/c1-16-14(9-10-14)11-15-12-5-8-13(12)6-3-2-4-7-13/h12,15H,2-11H2,1H3. The predicted molar refractivity (Wildman–Crippen MR) is 72.0 cm³/mol. The Morgan fingerprint density at radius 3 is 2.31 bits per heavy atom. The average Bonchev–Trinajstić information content (AvgIpc) is 3.10. The van der Waals surface area contributed by atoms with Gasteiger partial charge in [-0.15, -0.1) is 0 Å². The fourth-order valence-electron chi connectivity index (χ4n) is 3.77. The first kappa shape index (κ1) is 11.4. The average molecular weight is 239 g/mol. The molecule has 1 spiro atoms. The highest BCUT2D eigenvalue weighted by Crippen LogP contribution is 2.53. The molecule has 2 heteroatoms. The molecule has 0 radical (unpaired) electrons. The SMILES string of the molecule is CSC1(CNC2CCC23CCCCC3)CC1. The van der Waals surface area contributed by atoms with E-state index in [4.69, 9.17) is 0 Å².